The van der Waals surface area contributed by atoms with Crippen molar-refractivity contribution in [1.29, 1.82) is 0 Å². The zero-order valence-electron chi connectivity index (χ0n) is 9.69. The first-order valence-electron chi connectivity index (χ1n) is 5.80. The van der Waals surface area contributed by atoms with E-state index in [1.165, 1.54) is 5.56 Å². The number of rotatable bonds is 6. The van der Waals surface area contributed by atoms with Gasteiger partial charge in [-0.25, -0.2) is 4.98 Å². The molecule has 0 aliphatic heterocycles. The highest BCUT2D eigenvalue weighted by molar-refractivity contribution is 5.74. The van der Waals surface area contributed by atoms with Crippen LogP contribution >= 0.6 is 0 Å². The van der Waals surface area contributed by atoms with Gasteiger partial charge in [-0.3, -0.25) is 0 Å². The Balaban J connectivity index is 1.82. The second-order valence-corrected chi connectivity index (χ2v) is 4.10. The van der Waals surface area contributed by atoms with Crippen LogP contribution in [-0.4, -0.2) is 40.8 Å². The molecule has 0 spiro atoms. The molecule has 1 aromatic carbocycles. The normalized spacial score (nSPS) is 13.1. The zero-order chi connectivity index (χ0) is 12.1. The van der Waals surface area contributed by atoms with Crippen LogP contribution in [0.15, 0.2) is 24.5 Å². The van der Waals surface area contributed by atoms with Crippen LogP contribution < -0.4 is 11.1 Å². The molecule has 92 valence electrons. The third kappa shape index (κ3) is 3.26. The number of H-pyrrole nitrogens is 1. The fraction of sp³-hybridized carbons (Fsp3) is 0.417. The standard InChI is InChI=1S/C12H18N4O/c13-6-10(17)7-14-4-3-9-1-2-11-12(5-9)16-8-15-11/h1-2,5,8,10,14,17H,3-4,6-7,13H2,(H,15,16). The molecule has 1 aromatic heterocycles. The Kier molecular flexibility index (Phi) is 4.08. The SMILES string of the molecule is NCC(O)CNCCc1ccc2nc[nH]c2c1. The molecule has 5 nitrogen and oxygen atoms in total. The Morgan fingerprint density at radius 3 is 3.18 bits per heavy atom. The van der Waals surface area contributed by atoms with Gasteiger partial charge in [0, 0.05) is 13.1 Å². The Morgan fingerprint density at radius 2 is 2.35 bits per heavy atom. The molecule has 1 atom stereocenters. The van der Waals surface area contributed by atoms with Crippen molar-refractivity contribution in [3.8, 4) is 0 Å². The van der Waals surface area contributed by atoms with Crippen LogP contribution in [-0.2, 0) is 6.42 Å². The molecule has 17 heavy (non-hydrogen) atoms. The van der Waals surface area contributed by atoms with E-state index in [2.05, 4.69) is 27.4 Å². The molecule has 0 radical (unpaired) electrons. The Hall–Kier alpha value is -1.43. The van der Waals surface area contributed by atoms with E-state index in [0.717, 1.165) is 24.0 Å². The molecule has 2 rings (SSSR count). The van der Waals surface area contributed by atoms with Crippen molar-refractivity contribution in [2.24, 2.45) is 5.73 Å². The van der Waals surface area contributed by atoms with Crippen molar-refractivity contribution in [3.05, 3.63) is 30.1 Å². The number of hydrogen-bond acceptors (Lipinski definition) is 4. The molecular weight excluding hydrogens is 216 g/mol. The number of imidazole rings is 1. The van der Waals surface area contributed by atoms with Crippen LogP contribution in [0.3, 0.4) is 0 Å². The second kappa shape index (κ2) is 5.77. The molecule has 0 saturated heterocycles. The molecule has 0 aliphatic carbocycles. The van der Waals surface area contributed by atoms with Crippen LogP contribution in [0, 0.1) is 0 Å². The molecule has 0 amide bonds. The molecule has 0 bridgehead atoms. The Labute approximate surface area is 100 Å². The van der Waals surface area contributed by atoms with E-state index >= 15 is 0 Å². The monoisotopic (exact) mass is 234 g/mol. The van der Waals surface area contributed by atoms with Gasteiger partial charge in [0.1, 0.15) is 0 Å². The number of hydrogen-bond donors (Lipinski definition) is 4. The molecular formula is C12H18N4O. The van der Waals surface area contributed by atoms with Gasteiger partial charge in [-0.2, -0.15) is 0 Å². The number of nitrogens with one attached hydrogen (secondary N) is 2. The summed E-state index contributed by atoms with van der Waals surface area (Å²) in [7, 11) is 0. The third-order valence-electron chi connectivity index (χ3n) is 2.73. The number of benzene rings is 1. The van der Waals surface area contributed by atoms with Crippen LogP contribution in [0.1, 0.15) is 5.56 Å². The molecule has 0 aliphatic rings. The smallest absolute Gasteiger partial charge is 0.0931 e. The lowest BCUT2D eigenvalue weighted by Crippen LogP contribution is -2.33. The number of fused-ring (bicyclic) bond motifs is 1. The summed E-state index contributed by atoms with van der Waals surface area (Å²) in [5, 5.41) is 12.4. The van der Waals surface area contributed by atoms with E-state index in [9.17, 15) is 5.11 Å². The Bertz CT molecular complexity index is 468. The summed E-state index contributed by atoms with van der Waals surface area (Å²) >= 11 is 0. The van der Waals surface area contributed by atoms with E-state index in [1.807, 2.05) is 6.07 Å². The summed E-state index contributed by atoms with van der Waals surface area (Å²) in [5.41, 5.74) is 8.61. The number of nitrogens with two attached hydrogens (primary N) is 1. The predicted octanol–water partition coefficient (Wildman–Crippen LogP) is 0.0146. The molecule has 1 heterocycles. The van der Waals surface area contributed by atoms with Crippen LogP contribution in [0.2, 0.25) is 0 Å². The highest BCUT2D eigenvalue weighted by Gasteiger charge is 2.01. The lowest BCUT2D eigenvalue weighted by molar-refractivity contribution is 0.180. The van der Waals surface area contributed by atoms with E-state index in [-0.39, 0.29) is 0 Å². The van der Waals surface area contributed by atoms with Gasteiger partial charge in [0.25, 0.3) is 0 Å². The third-order valence-corrected chi connectivity index (χ3v) is 2.73. The molecule has 5 N–H and O–H groups in total. The summed E-state index contributed by atoms with van der Waals surface area (Å²) in [6, 6.07) is 6.18. The minimum Gasteiger partial charge on any atom is -0.390 e. The number of aliphatic hydroxyl groups is 1. The summed E-state index contributed by atoms with van der Waals surface area (Å²) in [6.45, 7) is 1.67. The van der Waals surface area contributed by atoms with Crippen LogP contribution in [0.4, 0.5) is 0 Å². The van der Waals surface area contributed by atoms with Gasteiger partial charge in [-0.05, 0) is 30.7 Å². The maximum absolute atomic E-state index is 9.27. The maximum atomic E-state index is 9.27. The highest BCUT2D eigenvalue weighted by Crippen LogP contribution is 2.11. The van der Waals surface area contributed by atoms with Crippen molar-refractivity contribution in [3.63, 3.8) is 0 Å². The van der Waals surface area contributed by atoms with Gasteiger partial charge < -0.3 is 21.1 Å². The fourth-order valence-corrected chi connectivity index (χ4v) is 1.72. The van der Waals surface area contributed by atoms with Gasteiger partial charge in [0.2, 0.25) is 0 Å². The van der Waals surface area contributed by atoms with Gasteiger partial charge in [0.05, 0.1) is 23.5 Å². The average Bonchev–Trinajstić information content (AvgIpc) is 2.81. The molecule has 2 aromatic rings. The maximum Gasteiger partial charge on any atom is 0.0931 e. The summed E-state index contributed by atoms with van der Waals surface area (Å²) < 4.78 is 0. The quantitative estimate of drug-likeness (QED) is 0.530. The number of aliphatic hydroxyl groups excluding tert-OH is 1. The number of aromatic nitrogens is 2. The second-order valence-electron chi connectivity index (χ2n) is 4.10. The largest absolute Gasteiger partial charge is 0.390 e. The minimum absolute atomic E-state index is 0.299. The first-order valence-corrected chi connectivity index (χ1v) is 5.80. The minimum atomic E-state index is -0.454. The lowest BCUT2D eigenvalue weighted by atomic mass is 10.1. The summed E-state index contributed by atoms with van der Waals surface area (Å²) in [5.74, 6) is 0. The Morgan fingerprint density at radius 1 is 1.47 bits per heavy atom. The summed E-state index contributed by atoms with van der Waals surface area (Å²) in [4.78, 5) is 7.26. The van der Waals surface area contributed by atoms with Crippen LogP contribution in [0.25, 0.3) is 11.0 Å². The fourth-order valence-electron chi connectivity index (χ4n) is 1.72. The molecule has 0 fully saturated rings. The van der Waals surface area contributed by atoms with Gasteiger partial charge in [-0.1, -0.05) is 6.07 Å². The number of aromatic amines is 1. The summed E-state index contributed by atoms with van der Waals surface area (Å²) in [6.07, 6.45) is 2.17. The van der Waals surface area contributed by atoms with Crippen molar-refractivity contribution in [2.45, 2.75) is 12.5 Å². The average molecular weight is 234 g/mol. The highest BCUT2D eigenvalue weighted by atomic mass is 16.3. The topological polar surface area (TPSA) is 87.0 Å². The van der Waals surface area contributed by atoms with Gasteiger partial charge in [0.15, 0.2) is 0 Å². The van der Waals surface area contributed by atoms with E-state index in [1.54, 1.807) is 6.33 Å². The van der Waals surface area contributed by atoms with Crippen LogP contribution in [0.5, 0.6) is 0 Å². The lowest BCUT2D eigenvalue weighted by Gasteiger charge is -2.09. The van der Waals surface area contributed by atoms with Gasteiger partial charge >= 0.3 is 0 Å². The van der Waals surface area contributed by atoms with Gasteiger partial charge in [-0.15, -0.1) is 0 Å². The molecule has 1 unspecified atom stereocenters. The first kappa shape index (κ1) is 12.0. The van der Waals surface area contributed by atoms with E-state index in [4.69, 9.17) is 5.73 Å². The van der Waals surface area contributed by atoms with E-state index in [0.29, 0.717) is 13.1 Å². The van der Waals surface area contributed by atoms with Crippen molar-refractivity contribution < 1.29 is 5.11 Å². The molecule has 5 heteroatoms. The predicted molar refractivity (Wildman–Crippen MR) is 67.7 cm³/mol. The van der Waals surface area contributed by atoms with Crippen molar-refractivity contribution >= 4 is 11.0 Å². The van der Waals surface area contributed by atoms with Crippen molar-refractivity contribution in [2.75, 3.05) is 19.6 Å². The zero-order valence-corrected chi connectivity index (χ0v) is 9.69. The van der Waals surface area contributed by atoms with E-state index < -0.39 is 6.10 Å². The van der Waals surface area contributed by atoms with Crippen molar-refractivity contribution in [1.82, 2.24) is 15.3 Å². The number of nitrogens with zero attached hydrogens (tertiary/aromatic N) is 1. The first-order chi connectivity index (χ1) is 8.29. The molecule has 0 saturated carbocycles.